The standard InChI is InChI=1S/C73H96N16O16S2.2C2H4O2/c1-44(2)65-73(105)84-60(71(103)80-55(66(75)98)34-47-36-76-52-16-8-6-14-50(47)52)43-107-106-42-59(83-68(100)56(32-45-12-4-3-5-13-45)78-61(91)38-86-24-26-87(39-62(92)93)28-30-89(41-64(96)97)31-29-88(27-25-86)40-63(94)95)72(104)81-57(33-46-19-21-49(90)22-20-46)69(101)82-58(35-48-37-77-53-17-9-7-15-51(48)53)70(102)79-54(67(99)85-65)18-10-11-23-74;2*1-2(3)4/h3-9,12-17,19-22,36-37,44,54-60,65,76-77,90H,10-11,18,23-35,38-43,74H2,1-2H3,(H2,75,98)(H,78,91)(H,79,102)(H,80,103)(H,81,104)(H,82,101)(H,83,100)(H,84,105)(H,85,99)(H,92,93)(H,94,95)(H,96,97);2*1H3,(H,3,4)/t54-,55-,56+,57-,58+,59-,60-,65-;;/m0../s1. The molecular formula is C77H104N16O20S2. The molecule has 6 aromatic rings. The Morgan fingerprint density at radius 2 is 0.965 bits per heavy atom. The van der Waals surface area contributed by atoms with Crippen LogP contribution in [-0.4, -0.2) is 288 Å². The molecule has 0 radical (unpaired) electrons. The summed E-state index contributed by atoms with van der Waals surface area (Å²) in [4.78, 5) is 200. The van der Waals surface area contributed by atoms with E-state index >= 15 is 19.2 Å². The van der Waals surface area contributed by atoms with Crippen molar-refractivity contribution in [2.45, 2.75) is 121 Å². The Hall–Kier alpha value is -11.2. The molecule has 36 nitrogen and oxygen atoms in total. The lowest BCUT2D eigenvalue weighted by atomic mass is 10.00. The quantitative estimate of drug-likeness (QED) is 0.0235. The second kappa shape index (κ2) is 47.5. The van der Waals surface area contributed by atoms with E-state index in [1.807, 2.05) is 36.4 Å². The number of benzene rings is 4. The van der Waals surface area contributed by atoms with Gasteiger partial charge in [0.05, 0.1) is 26.2 Å². The normalized spacial score (nSPS) is 19.7. The van der Waals surface area contributed by atoms with Crippen molar-refractivity contribution in [1.29, 1.82) is 0 Å². The predicted octanol–water partition coefficient (Wildman–Crippen LogP) is -0.174. The van der Waals surface area contributed by atoms with Crippen LogP contribution in [0, 0.1) is 5.92 Å². The van der Waals surface area contributed by atoms with Crippen molar-refractivity contribution in [3.05, 3.63) is 138 Å². The summed E-state index contributed by atoms with van der Waals surface area (Å²) in [5, 5.41) is 78.5. The monoisotopic (exact) mass is 1640 g/mol. The van der Waals surface area contributed by atoms with Gasteiger partial charge in [-0.15, -0.1) is 0 Å². The molecule has 9 amide bonds. The molecule has 0 spiro atoms. The van der Waals surface area contributed by atoms with Crippen LogP contribution in [0.25, 0.3) is 21.8 Å². The Bertz CT molecular complexity index is 4230. The Balaban J connectivity index is 0.00000245. The molecule has 8 atom stereocenters. The minimum Gasteiger partial charge on any atom is -0.508 e. The first-order valence-electron chi connectivity index (χ1n) is 37.3. The highest BCUT2D eigenvalue weighted by molar-refractivity contribution is 8.76. The fraction of sp³-hybridized carbons (Fsp3) is 0.455. The predicted molar refractivity (Wildman–Crippen MR) is 429 cm³/mol. The van der Waals surface area contributed by atoms with Gasteiger partial charge in [0.15, 0.2) is 0 Å². The highest BCUT2D eigenvalue weighted by Crippen LogP contribution is 2.26. The SMILES string of the molecule is CC(=O)O.CC(=O)O.CC(C)[C@@H]1NC(=O)[C@H](CCCCN)NC(=O)[C@@H](Cc2c[nH]c3ccccc23)NC(=O)[C@H](Cc2ccc(O)cc2)NC(=O)[C@@H](NC(=O)[C@@H](Cc2ccccc2)NC(=O)CN2CCN(CC(=O)O)CCN(CC(=O)O)CCN(CC(=O)O)CC2)CSSC[C@@H](C(=O)N[C@@H](Cc2c[nH]c3ccccc23)C(N)=O)NC1=O. The number of carbonyl (C=O) groups excluding carboxylic acids is 9. The molecule has 0 saturated carbocycles. The maximum absolute atomic E-state index is 15.5. The van der Waals surface area contributed by atoms with Gasteiger partial charge < -0.3 is 94.6 Å². The van der Waals surface area contributed by atoms with Gasteiger partial charge >= 0.3 is 17.9 Å². The molecule has 0 unspecified atom stereocenters. The van der Waals surface area contributed by atoms with Crippen LogP contribution in [-0.2, 0) is 92.8 Å². The summed E-state index contributed by atoms with van der Waals surface area (Å²) in [7, 11) is 1.93. The zero-order chi connectivity index (χ0) is 84.3. The topological polar surface area (TPSA) is 553 Å². The van der Waals surface area contributed by atoms with Crippen molar-refractivity contribution >= 4 is 126 Å². The molecule has 8 rings (SSSR count). The van der Waals surface area contributed by atoms with Crippen molar-refractivity contribution in [2.75, 3.05) is 96.6 Å². The smallest absolute Gasteiger partial charge is 0.317 e. The van der Waals surface area contributed by atoms with Gasteiger partial charge in [-0.25, -0.2) is 0 Å². The zero-order valence-electron chi connectivity index (χ0n) is 64.4. The summed E-state index contributed by atoms with van der Waals surface area (Å²) in [6.45, 7) is 4.87. The van der Waals surface area contributed by atoms with E-state index in [9.17, 15) is 58.8 Å². The molecule has 2 saturated heterocycles. The van der Waals surface area contributed by atoms with Crippen LogP contribution in [0.1, 0.15) is 69.2 Å². The minimum atomic E-state index is -1.62. The number of nitrogens with zero attached hydrogens (tertiary/aromatic N) is 4. The number of aromatic amines is 2. The molecule has 2 fully saturated rings. The number of para-hydroxylation sites is 2. The van der Waals surface area contributed by atoms with E-state index in [1.165, 1.54) is 24.3 Å². The van der Waals surface area contributed by atoms with Gasteiger partial charge in [-0.2, -0.15) is 0 Å². The molecule has 20 N–H and O–H groups in total. The van der Waals surface area contributed by atoms with Gasteiger partial charge in [-0.1, -0.05) is 114 Å². The van der Waals surface area contributed by atoms with Crippen LogP contribution >= 0.6 is 21.6 Å². The molecule has 4 aromatic carbocycles. The van der Waals surface area contributed by atoms with Gasteiger partial charge in [0.1, 0.15) is 54.1 Å². The van der Waals surface area contributed by atoms with Crippen molar-refractivity contribution < 1.29 is 97.8 Å². The van der Waals surface area contributed by atoms with Crippen LogP contribution in [0.5, 0.6) is 5.75 Å². The number of phenolic OH excluding ortho intramolecular Hbond substituents is 1. The maximum Gasteiger partial charge on any atom is 0.317 e. The van der Waals surface area contributed by atoms with E-state index in [4.69, 9.17) is 31.3 Å². The number of rotatable bonds is 27. The average Bonchev–Trinajstić information content (AvgIpc) is 1.42. The van der Waals surface area contributed by atoms with Gasteiger partial charge in [0, 0.05) is 138 Å². The van der Waals surface area contributed by atoms with E-state index in [1.54, 1.807) is 88.3 Å². The Morgan fingerprint density at radius 1 is 0.504 bits per heavy atom. The average molecular weight is 1640 g/mol. The summed E-state index contributed by atoms with van der Waals surface area (Å²) in [6, 6.07) is 17.3. The largest absolute Gasteiger partial charge is 0.508 e. The van der Waals surface area contributed by atoms with Crippen LogP contribution in [0.4, 0.5) is 0 Å². The number of amides is 9. The van der Waals surface area contributed by atoms with Crippen LogP contribution in [0.3, 0.4) is 0 Å². The third-order valence-electron chi connectivity index (χ3n) is 18.5. The molecule has 2 aromatic heterocycles. The van der Waals surface area contributed by atoms with Crippen molar-refractivity contribution in [3.63, 3.8) is 0 Å². The first kappa shape index (κ1) is 92.7. The van der Waals surface area contributed by atoms with Gasteiger partial charge in [-0.05, 0) is 78.2 Å². The molecule has 2 aliphatic heterocycles. The number of unbranched alkanes of at least 4 members (excludes halogenated alkanes) is 1. The first-order valence-corrected chi connectivity index (χ1v) is 39.8. The number of nitrogens with two attached hydrogens (primary N) is 2. The molecular weight excluding hydrogens is 1530 g/mol. The zero-order valence-corrected chi connectivity index (χ0v) is 66.0. The molecule has 4 heterocycles. The number of carboxylic acids is 5. The van der Waals surface area contributed by atoms with Crippen molar-refractivity contribution in [3.8, 4) is 5.75 Å². The number of fused-ring (bicyclic) bond motifs is 2. The van der Waals surface area contributed by atoms with Crippen molar-refractivity contribution in [2.24, 2.45) is 17.4 Å². The molecule has 38 heteroatoms. The number of carbonyl (C=O) groups is 14. The van der Waals surface area contributed by atoms with E-state index < -0.39 is 157 Å². The summed E-state index contributed by atoms with van der Waals surface area (Å²) in [6.07, 6.45) is 3.48. The number of hydrogen-bond donors (Lipinski definition) is 18. The number of aliphatic carboxylic acids is 5. The van der Waals surface area contributed by atoms with Crippen LogP contribution in [0.15, 0.2) is 116 Å². The van der Waals surface area contributed by atoms with E-state index in [0.29, 0.717) is 46.0 Å². The summed E-state index contributed by atoms with van der Waals surface area (Å²) >= 11 is 0. The van der Waals surface area contributed by atoms with Gasteiger partial charge in [0.2, 0.25) is 53.2 Å². The number of primary amides is 1. The van der Waals surface area contributed by atoms with Gasteiger partial charge in [0.25, 0.3) is 11.9 Å². The number of aromatic hydroxyl groups is 1. The number of H-pyrrole nitrogens is 2. The van der Waals surface area contributed by atoms with Crippen LogP contribution in [0.2, 0.25) is 0 Å². The Labute approximate surface area is 671 Å². The van der Waals surface area contributed by atoms with Crippen LogP contribution < -0.4 is 54.0 Å². The van der Waals surface area contributed by atoms with E-state index in [-0.39, 0.29) is 115 Å². The van der Waals surface area contributed by atoms with E-state index in [0.717, 1.165) is 46.3 Å². The summed E-state index contributed by atoms with van der Waals surface area (Å²) in [5.41, 5.74) is 15.6. The second-order valence-electron chi connectivity index (χ2n) is 28.0. The van der Waals surface area contributed by atoms with Gasteiger partial charge in [-0.3, -0.25) is 86.7 Å². The number of carboxylic acid groups (broad SMARTS) is 5. The molecule has 624 valence electrons. The molecule has 0 bridgehead atoms. The molecule has 115 heavy (non-hydrogen) atoms. The Kier molecular flexibility index (Phi) is 38.3. The number of aromatic nitrogens is 2. The lowest BCUT2D eigenvalue weighted by Crippen LogP contribution is -2.62. The maximum atomic E-state index is 15.5. The third kappa shape index (κ3) is 32.7. The molecule has 0 aliphatic carbocycles. The summed E-state index contributed by atoms with van der Waals surface area (Å²) in [5.74, 6) is -14.2. The number of phenols is 1. The lowest BCUT2D eigenvalue weighted by molar-refractivity contribution is -0.140. The van der Waals surface area contributed by atoms with Crippen molar-refractivity contribution in [1.82, 2.24) is 72.1 Å². The summed E-state index contributed by atoms with van der Waals surface area (Å²) < 4.78 is 0. The Morgan fingerprint density at radius 3 is 1.48 bits per heavy atom. The second-order valence-corrected chi connectivity index (χ2v) is 30.5. The highest BCUT2D eigenvalue weighted by atomic mass is 33.1. The highest BCUT2D eigenvalue weighted by Gasteiger charge is 2.38. The number of hydrogen-bond acceptors (Lipinski definition) is 22. The first-order chi connectivity index (χ1) is 54.7. The third-order valence-corrected chi connectivity index (χ3v) is 20.9. The number of nitrogens with one attached hydrogen (secondary N) is 10. The van der Waals surface area contributed by atoms with E-state index in [2.05, 4.69) is 52.5 Å². The molecule has 2 aliphatic rings. The lowest BCUT2D eigenvalue weighted by Gasteiger charge is -2.33. The fourth-order valence-electron chi connectivity index (χ4n) is 12.6. The minimum absolute atomic E-state index is 0.0168. The fourth-order valence-corrected chi connectivity index (χ4v) is 14.9.